The zero-order valence-electron chi connectivity index (χ0n) is 13.3. The van der Waals surface area contributed by atoms with E-state index in [1.54, 1.807) is 6.07 Å². The number of aromatic nitrogens is 1. The minimum Gasteiger partial charge on any atom is -0.490 e. The fraction of sp³-hybridized carbons (Fsp3) is 0.600. The van der Waals surface area contributed by atoms with Crippen molar-refractivity contribution in [2.75, 3.05) is 0 Å². The zero-order valence-corrected chi connectivity index (χ0v) is 13.3. The summed E-state index contributed by atoms with van der Waals surface area (Å²) in [6.45, 7) is 7.76. The number of hydrogen-bond donors (Lipinski definition) is 1. The van der Waals surface area contributed by atoms with E-state index in [0.29, 0.717) is 11.3 Å². The molecule has 3 rings (SSSR count). The average Bonchev–Trinajstić information content (AvgIpc) is 3.16. The Morgan fingerprint density at radius 1 is 1.27 bits per heavy atom. The van der Waals surface area contributed by atoms with Gasteiger partial charge in [0.1, 0.15) is 5.75 Å². The SMILES string of the molecule is CC1(C)OB(c2cc(OC3CC3)cc(C(=O)O)n2)OC1(C)C. The van der Waals surface area contributed by atoms with Crippen LogP contribution in [-0.4, -0.2) is 40.5 Å². The van der Waals surface area contributed by atoms with Gasteiger partial charge in [-0.25, -0.2) is 9.78 Å². The van der Waals surface area contributed by atoms with Crippen LogP contribution in [-0.2, 0) is 9.31 Å². The van der Waals surface area contributed by atoms with E-state index >= 15 is 0 Å². The third-order valence-electron chi connectivity index (χ3n) is 4.36. The van der Waals surface area contributed by atoms with E-state index in [4.69, 9.17) is 14.0 Å². The zero-order chi connectivity index (χ0) is 16.1. The lowest BCUT2D eigenvalue weighted by Gasteiger charge is -2.32. The number of ether oxygens (including phenoxy) is 1. The maximum Gasteiger partial charge on any atom is 0.514 e. The van der Waals surface area contributed by atoms with Gasteiger partial charge in [0.15, 0.2) is 5.69 Å². The first-order valence-corrected chi connectivity index (χ1v) is 7.45. The topological polar surface area (TPSA) is 77.9 Å². The first kappa shape index (κ1) is 15.3. The third-order valence-corrected chi connectivity index (χ3v) is 4.36. The Kier molecular flexibility index (Phi) is 3.45. The van der Waals surface area contributed by atoms with Crippen molar-refractivity contribution in [1.29, 1.82) is 0 Å². The van der Waals surface area contributed by atoms with Crippen molar-refractivity contribution in [3.05, 3.63) is 17.8 Å². The van der Waals surface area contributed by atoms with Crippen LogP contribution in [0.1, 0.15) is 51.0 Å². The molecule has 1 aromatic heterocycles. The van der Waals surface area contributed by atoms with Gasteiger partial charge in [0.25, 0.3) is 0 Å². The van der Waals surface area contributed by atoms with Crippen LogP contribution in [0.15, 0.2) is 12.1 Å². The normalized spacial score (nSPS) is 22.6. The van der Waals surface area contributed by atoms with E-state index in [9.17, 15) is 9.90 Å². The molecular formula is C15H20BNO5. The first-order chi connectivity index (χ1) is 10.2. The molecule has 1 saturated carbocycles. The molecule has 0 radical (unpaired) electrons. The molecule has 2 fully saturated rings. The third kappa shape index (κ3) is 2.83. The molecule has 0 aromatic carbocycles. The van der Waals surface area contributed by atoms with Crippen molar-refractivity contribution < 1.29 is 23.9 Å². The second-order valence-corrected chi connectivity index (χ2v) is 6.82. The number of nitrogens with zero attached hydrogens (tertiary/aromatic N) is 1. The monoisotopic (exact) mass is 305 g/mol. The van der Waals surface area contributed by atoms with Gasteiger partial charge >= 0.3 is 13.1 Å². The van der Waals surface area contributed by atoms with Gasteiger partial charge in [-0.2, -0.15) is 0 Å². The van der Waals surface area contributed by atoms with Crippen molar-refractivity contribution in [2.45, 2.75) is 57.8 Å². The van der Waals surface area contributed by atoms with Crippen molar-refractivity contribution >= 4 is 18.7 Å². The average molecular weight is 305 g/mol. The Hall–Kier alpha value is -1.60. The maximum atomic E-state index is 11.3. The lowest BCUT2D eigenvalue weighted by Crippen LogP contribution is -2.41. The fourth-order valence-corrected chi connectivity index (χ4v) is 2.17. The summed E-state index contributed by atoms with van der Waals surface area (Å²) >= 11 is 0. The van der Waals surface area contributed by atoms with Crippen LogP contribution >= 0.6 is 0 Å². The van der Waals surface area contributed by atoms with Crippen LogP contribution in [0, 0.1) is 0 Å². The van der Waals surface area contributed by atoms with Crippen LogP contribution in [0.4, 0.5) is 0 Å². The van der Waals surface area contributed by atoms with E-state index in [1.165, 1.54) is 6.07 Å². The summed E-state index contributed by atoms with van der Waals surface area (Å²) < 4.78 is 17.6. The minimum atomic E-state index is -1.10. The summed E-state index contributed by atoms with van der Waals surface area (Å²) in [7, 11) is -0.703. The van der Waals surface area contributed by atoms with E-state index in [-0.39, 0.29) is 11.8 Å². The summed E-state index contributed by atoms with van der Waals surface area (Å²) in [4.78, 5) is 15.4. The van der Waals surface area contributed by atoms with E-state index in [0.717, 1.165) is 12.8 Å². The van der Waals surface area contributed by atoms with Crippen molar-refractivity contribution in [3.8, 4) is 5.75 Å². The molecule has 118 valence electrons. The Morgan fingerprint density at radius 3 is 2.36 bits per heavy atom. The minimum absolute atomic E-state index is 0.0668. The van der Waals surface area contributed by atoms with Gasteiger partial charge < -0.3 is 19.2 Å². The van der Waals surface area contributed by atoms with Gasteiger partial charge in [0.05, 0.1) is 22.9 Å². The number of aromatic carboxylic acids is 1. The number of rotatable bonds is 4. The molecule has 0 amide bonds. The highest BCUT2D eigenvalue weighted by Crippen LogP contribution is 2.36. The number of carbonyl (C=O) groups is 1. The molecule has 1 saturated heterocycles. The van der Waals surface area contributed by atoms with E-state index in [2.05, 4.69) is 4.98 Å². The molecule has 0 bridgehead atoms. The highest BCUT2D eigenvalue weighted by Gasteiger charge is 2.52. The van der Waals surface area contributed by atoms with E-state index in [1.807, 2.05) is 27.7 Å². The van der Waals surface area contributed by atoms with Crippen LogP contribution in [0.3, 0.4) is 0 Å². The lowest BCUT2D eigenvalue weighted by molar-refractivity contribution is 0.00578. The van der Waals surface area contributed by atoms with Gasteiger partial charge in [0.2, 0.25) is 0 Å². The summed E-state index contributed by atoms with van der Waals surface area (Å²) in [5.41, 5.74) is -0.649. The van der Waals surface area contributed by atoms with Crippen molar-refractivity contribution in [3.63, 3.8) is 0 Å². The lowest BCUT2D eigenvalue weighted by atomic mass is 9.84. The predicted octanol–water partition coefficient (Wildman–Crippen LogP) is 1.62. The van der Waals surface area contributed by atoms with Crippen molar-refractivity contribution in [2.24, 2.45) is 0 Å². The largest absolute Gasteiger partial charge is 0.514 e. The molecule has 22 heavy (non-hydrogen) atoms. The molecule has 1 aromatic rings. The molecule has 2 heterocycles. The summed E-state index contributed by atoms with van der Waals surface area (Å²) in [6, 6.07) is 3.14. The van der Waals surface area contributed by atoms with Crippen LogP contribution < -0.4 is 10.3 Å². The second-order valence-electron chi connectivity index (χ2n) is 6.82. The number of pyridine rings is 1. The first-order valence-electron chi connectivity index (χ1n) is 7.45. The van der Waals surface area contributed by atoms with Crippen molar-refractivity contribution in [1.82, 2.24) is 4.98 Å². The van der Waals surface area contributed by atoms with E-state index < -0.39 is 24.3 Å². The molecule has 7 heteroatoms. The Morgan fingerprint density at radius 2 is 1.86 bits per heavy atom. The van der Waals surface area contributed by atoms with Crippen LogP contribution in [0.2, 0.25) is 0 Å². The predicted molar refractivity (Wildman–Crippen MR) is 80.6 cm³/mol. The highest BCUT2D eigenvalue weighted by molar-refractivity contribution is 6.61. The molecule has 0 unspecified atom stereocenters. The van der Waals surface area contributed by atoms with Gasteiger partial charge in [-0.05, 0) is 46.6 Å². The molecule has 0 spiro atoms. The molecule has 0 atom stereocenters. The standard InChI is InChI=1S/C15H20BNO5/c1-14(2)15(3,4)22-16(21-14)12-8-10(20-9-5-6-9)7-11(17-12)13(18)19/h7-9H,5-6H2,1-4H3,(H,18,19). The van der Waals surface area contributed by atoms with Crippen LogP contribution in [0.5, 0.6) is 5.75 Å². The van der Waals surface area contributed by atoms with Gasteiger partial charge in [-0.1, -0.05) is 0 Å². The van der Waals surface area contributed by atoms with Gasteiger partial charge in [0, 0.05) is 6.07 Å². The number of carboxylic acids is 1. The fourth-order valence-electron chi connectivity index (χ4n) is 2.17. The number of carboxylic acid groups (broad SMARTS) is 1. The van der Waals surface area contributed by atoms with Gasteiger partial charge in [-0.3, -0.25) is 0 Å². The molecule has 6 nitrogen and oxygen atoms in total. The molecule has 1 aliphatic heterocycles. The highest BCUT2D eigenvalue weighted by atomic mass is 16.7. The Labute approximate surface area is 129 Å². The second kappa shape index (κ2) is 4.96. The Bertz CT molecular complexity index is 596. The number of hydrogen-bond acceptors (Lipinski definition) is 5. The smallest absolute Gasteiger partial charge is 0.490 e. The summed E-state index contributed by atoms with van der Waals surface area (Å²) in [5.74, 6) is -0.598. The summed E-state index contributed by atoms with van der Waals surface area (Å²) in [5, 5.41) is 9.23. The molecule has 1 N–H and O–H groups in total. The molecular weight excluding hydrogens is 285 g/mol. The quantitative estimate of drug-likeness (QED) is 0.852. The van der Waals surface area contributed by atoms with Gasteiger partial charge in [-0.15, -0.1) is 0 Å². The molecule has 1 aliphatic carbocycles. The Balaban J connectivity index is 1.92. The maximum absolute atomic E-state index is 11.3. The molecule has 2 aliphatic rings. The van der Waals surface area contributed by atoms with Crippen LogP contribution in [0.25, 0.3) is 0 Å². The summed E-state index contributed by atoms with van der Waals surface area (Å²) in [6.07, 6.45) is 2.17.